The molecule has 2 aliphatic heterocycles. The number of oxime groups is 1. The van der Waals surface area contributed by atoms with Crippen molar-refractivity contribution in [3.63, 3.8) is 0 Å². The topological polar surface area (TPSA) is 60.4 Å². The first kappa shape index (κ1) is 14.4. The van der Waals surface area contributed by atoms with Gasteiger partial charge in [0.2, 0.25) is 5.90 Å². The lowest BCUT2D eigenvalue weighted by Crippen LogP contribution is -2.53. The van der Waals surface area contributed by atoms with Crippen LogP contribution in [0, 0.1) is 0 Å². The molecule has 0 N–H and O–H groups in total. The summed E-state index contributed by atoms with van der Waals surface area (Å²) >= 11 is 0. The predicted molar refractivity (Wildman–Crippen MR) is 80.2 cm³/mol. The average Bonchev–Trinajstić information content (AvgIpc) is 2.55. The van der Waals surface area contributed by atoms with E-state index in [1.54, 1.807) is 12.3 Å². The summed E-state index contributed by atoms with van der Waals surface area (Å²) in [6.45, 7) is 1.87. The number of hydrogen-bond donors (Lipinski definition) is 0. The van der Waals surface area contributed by atoms with Crippen molar-refractivity contribution in [2.75, 3.05) is 7.11 Å². The van der Waals surface area contributed by atoms with E-state index in [1.165, 1.54) is 12.0 Å². The fraction of sp³-hybridized carbons (Fsp3) is 0.375. The van der Waals surface area contributed by atoms with Gasteiger partial charge in [0.25, 0.3) is 0 Å². The Morgan fingerprint density at radius 1 is 1.36 bits per heavy atom. The molecule has 2 heterocycles. The summed E-state index contributed by atoms with van der Waals surface area (Å²) < 4.78 is 10.6. The largest absolute Gasteiger partial charge is 0.467 e. The van der Waals surface area contributed by atoms with Crippen LogP contribution >= 0.6 is 0 Å². The molecule has 0 fully saturated rings. The van der Waals surface area contributed by atoms with Crippen molar-refractivity contribution < 1.29 is 19.1 Å². The molecule has 1 unspecified atom stereocenters. The molecule has 1 amide bonds. The number of hydrogen-bond acceptors (Lipinski definition) is 5. The van der Waals surface area contributed by atoms with Crippen LogP contribution in [-0.4, -0.2) is 42.3 Å². The lowest BCUT2D eigenvalue weighted by molar-refractivity contribution is -0.0801. The van der Waals surface area contributed by atoms with Crippen molar-refractivity contribution in [2.45, 2.75) is 31.6 Å². The molecular formula is C16H18N2O4. The second-order valence-corrected chi connectivity index (χ2v) is 5.26. The third-order valence-electron chi connectivity index (χ3n) is 3.81. The Bertz CT molecular complexity index is 599. The fourth-order valence-corrected chi connectivity index (χ4v) is 2.59. The van der Waals surface area contributed by atoms with Crippen LogP contribution in [0.15, 0.2) is 47.8 Å². The minimum atomic E-state index is -0.426. The van der Waals surface area contributed by atoms with Crippen LogP contribution in [-0.2, 0) is 20.7 Å². The Kier molecular flexibility index (Phi) is 4.00. The zero-order valence-electron chi connectivity index (χ0n) is 12.5. The molecule has 1 aromatic rings. The third-order valence-corrected chi connectivity index (χ3v) is 3.81. The number of amides is 1. The maximum atomic E-state index is 11.7. The molecule has 1 aromatic carbocycles. The second kappa shape index (κ2) is 6.09. The summed E-state index contributed by atoms with van der Waals surface area (Å²) in [6, 6.07) is 9.71. The van der Waals surface area contributed by atoms with E-state index in [1.807, 2.05) is 37.3 Å². The van der Waals surface area contributed by atoms with E-state index in [9.17, 15) is 4.79 Å². The summed E-state index contributed by atoms with van der Waals surface area (Å²) in [6.07, 6.45) is 3.02. The number of methoxy groups -OCH3 is 1. The number of fused-ring (bicyclic) bond motifs is 1. The number of ether oxygens (including phenoxy) is 2. The first-order chi connectivity index (χ1) is 10.7. The van der Waals surface area contributed by atoms with Crippen molar-refractivity contribution >= 4 is 12.0 Å². The first-order valence-electron chi connectivity index (χ1n) is 7.17. The molecule has 22 heavy (non-hydrogen) atoms. The van der Waals surface area contributed by atoms with Gasteiger partial charge in [0.1, 0.15) is 0 Å². The van der Waals surface area contributed by atoms with Gasteiger partial charge in [0, 0.05) is 6.20 Å². The minimum absolute atomic E-state index is 0.218. The number of nitrogens with zero attached hydrogens (tertiary/aromatic N) is 2. The highest BCUT2D eigenvalue weighted by molar-refractivity contribution is 5.79. The Morgan fingerprint density at radius 3 is 2.86 bits per heavy atom. The van der Waals surface area contributed by atoms with Gasteiger partial charge in [-0.3, -0.25) is 4.90 Å². The van der Waals surface area contributed by atoms with Gasteiger partial charge >= 0.3 is 6.09 Å². The molecule has 0 spiro atoms. The fourth-order valence-electron chi connectivity index (χ4n) is 2.59. The molecule has 0 radical (unpaired) electrons. The van der Waals surface area contributed by atoms with Crippen LogP contribution in [0.4, 0.5) is 4.79 Å². The SMILES string of the molecule is COC(=O)N1C=CC2OC(Cc3ccccc3)=NO[C@H]2[C@@H]1C. The standard InChI is InChI=1S/C16H18N2O4/c1-11-15-13(8-9-18(11)16(19)20-2)21-14(17-22-15)10-12-6-4-3-5-7-12/h3-9,11,13,15H,10H2,1-2H3/t11-,13?,15-/m0/s1. The van der Waals surface area contributed by atoms with Gasteiger partial charge in [-0.05, 0) is 18.6 Å². The van der Waals surface area contributed by atoms with Gasteiger partial charge in [0.05, 0.1) is 19.6 Å². The molecule has 3 rings (SSSR count). The van der Waals surface area contributed by atoms with Crippen LogP contribution in [0.2, 0.25) is 0 Å². The van der Waals surface area contributed by atoms with Crippen molar-refractivity contribution in [3.05, 3.63) is 48.2 Å². The number of carbonyl (C=O) groups excluding carboxylic acids is 1. The lowest BCUT2D eigenvalue weighted by Gasteiger charge is -2.39. The van der Waals surface area contributed by atoms with Crippen molar-refractivity contribution in [3.8, 4) is 0 Å². The number of rotatable bonds is 2. The Balaban J connectivity index is 1.70. The van der Waals surface area contributed by atoms with E-state index < -0.39 is 6.09 Å². The molecule has 2 aliphatic rings. The van der Waals surface area contributed by atoms with E-state index >= 15 is 0 Å². The zero-order chi connectivity index (χ0) is 15.5. The van der Waals surface area contributed by atoms with E-state index in [-0.39, 0.29) is 18.2 Å². The van der Waals surface area contributed by atoms with Crippen molar-refractivity contribution in [1.82, 2.24) is 4.90 Å². The maximum absolute atomic E-state index is 11.7. The quantitative estimate of drug-likeness (QED) is 0.841. The number of carbonyl (C=O) groups is 1. The van der Waals surface area contributed by atoms with Crippen LogP contribution < -0.4 is 0 Å². The van der Waals surface area contributed by atoms with Gasteiger partial charge in [0.15, 0.2) is 12.2 Å². The Morgan fingerprint density at radius 2 is 2.14 bits per heavy atom. The van der Waals surface area contributed by atoms with E-state index in [0.29, 0.717) is 12.3 Å². The summed E-state index contributed by atoms with van der Waals surface area (Å²) in [5, 5.41) is 4.06. The smallest absolute Gasteiger partial charge is 0.413 e. The Labute approximate surface area is 128 Å². The van der Waals surface area contributed by atoms with E-state index in [0.717, 1.165) is 5.56 Å². The van der Waals surface area contributed by atoms with Crippen LogP contribution in [0.3, 0.4) is 0 Å². The average molecular weight is 302 g/mol. The van der Waals surface area contributed by atoms with E-state index in [4.69, 9.17) is 14.3 Å². The van der Waals surface area contributed by atoms with Crippen LogP contribution in [0.25, 0.3) is 0 Å². The normalized spacial score (nSPS) is 26.4. The molecule has 6 nitrogen and oxygen atoms in total. The van der Waals surface area contributed by atoms with Gasteiger partial charge < -0.3 is 14.3 Å². The summed E-state index contributed by atoms with van der Waals surface area (Å²) in [7, 11) is 1.35. The monoisotopic (exact) mass is 302 g/mol. The molecule has 3 atom stereocenters. The molecule has 0 saturated heterocycles. The molecule has 0 bridgehead atoms. The van der Waals surface area contributed by atoms with Crippen molar-refractivity contribution in [1.29, 1.82) is 0 Å². The Hall–Kier alpha value is -2.50. The van der Waals surface area contributed by atoms with Gasteiger partial charge in [-0.15, -0.1) is 0 Å². The minimum Gasteiger partial charge on any atom is -0.467 e. The summed E-state index contributed by atoms with van der Waals surface area (Å²) in [5.74, 6) is 0.538. The second-order valence-electron chi connectivity index (χ2n) is 5.26. The summed E-state index contributed by atoms with van der Waals surface area (Å²) in [4.78, 5) is 18.7. The molecule has 0 aromatic heterocycles. The highest BCUT2D eigenvalue weighted by atomic mass is 16.7. The maximum Gasteiger partial charge on any atom is 0.413 e. The number of benzene rings is 1. The van der Waals surface area contributed by atoms with Crippen LogP contribution in [0.5, 0.6) is 0 Å². The first-order valence-corrected chi connectivity index (χ1v) is 7.17. The molecule has 0 saturated carbocycles. The van der Waals surface area contributed by atoms with Gasteiger partial charge in [-0.1, -0.05) is 35.5 Å². The lowest BCUT2D eigenvalue weighted by atomic mass is 10.0. The highest BCUT2D eigenvalue weighted by Crippen LogP contribution is 2.25. The van der Waals surface area contributed by atoms with Crippen molar-refractivity contribution in [2.24, 2.45) is 5.16 Å². The van der Waals surface area contributed by atoms with Gasteiger partial charge in [-0.25, -0.2) is 4.79 Å². The van der Waals surface area contributed by atoms with Gasteiger partial charge in [-0.2, -0.15) is 0 Å². The third kappa shape index (κ3) is 2.77. The molecular weight excluding hydrogens is 284 g/mol. The zero-order valence-corrected chi connectivity index (χ0v) is 12.5. The summed E-state index contributed by atoms with van der Waals surface area (Å²) in [5.41, 5.74) is 1.10. The molecule has 116 valence electrons. The molecule has 6 heteroatoms. The highest BCUT2D eigenvalue weighted by Gasteiger charge is 2.41. The van der Waals surface area contributed by atoms with E-state index in [2.05, 4.69) is 5.16 Å². The molecule has 0 aliphatic carbocycles. The predicted octanol–water partition coefficient (Wildman–Crippen LogP) is 2.31. The van der Waals surface area contributed by atoms with Crippen LogP contribution in [0.1, 0.15) is 12.5 Å².